The van der Waals surface area contributed by atoms with Crippen molar-refractivity contribution < 1.29 is 18.3 Å². The van der Waals surface area contributed by atoms with Gasteiger partial charge in [-0.3, -0.25) is 4.90 Å². The maximum atomic E-state index is 12.4. The van der Waals surface area contributed by atoms with E-state index in [1.165, 1.54) is 0 Å². The van der Waals surface area contributed by atoms with Crippen molar-refractivity contribution in [3.8, 4) is 11.8 Å². The molecule has 0 fully saturated rings. The Bertz CT molecular complexity index is 477. The quantitative estimate of drug-likeness (QED) is 0.803. The zero-order valence-electron chi connectivity index (χ0n) is 11.0. The Hall–Kier alpha value is -1.55. The molecule has 0 amide bonds. The molecular formula is C14H17F3N2O. The van der Waals surface area contributed by atoms with Gasteiger partial charge in [-0.05, 0) is 17.7 Å². The van der Waals surface area contributed by atoms with E-state index in [1.54, 1.807) is 24.3 Å². The average molecular weight is 286 g/mol. The summed E-state index contributed by atoms with van der Waals surface area (Å²) in [6, 6.07) is 6.96. The monoisotopic (exact) mass is 286 g/mol. The standard InChI is InChI=1S/C14H17F3N2O/c15-14(16,17)11-19(7-8-20)10-13-4-1-3-12(9-13)5-2-6-18/h1,3-4,9,20H,6-8,10-11,18H2. The molecule has 0 saturated heterocycles. The molecule has 0 bridgehead atoms. The van der Waals surface area contributed by atoms with Crippen LogP contribution in [-0.2, 0) is 6.54 Å². The molecule has 0 aromatic heterocycles. The smallest absolute Gasteiger partial charge is 0.395 e. The van der Waals surface area contributed by atoms with Crippen molar-refractivity contribution in [2.75, 3.05) is 26.2 Å². The Morgan fingerprint density at radius 3 is 2.65 bits per heavy atom. The summed E-state index contributed by atoms with van der Waals surface area (Å²) in [5.41, 5.74) is 6.70. The van der Waals surface area contributed by atoms with E-state index in [0.717, 1.165) is 4.90 Å². The Morgan fingerprint density at radius 2 is 2.05 bits per heavy atom. The molecule has 3 nitrogen and oxygen atoms in total. The van der Waals surface area contributed by atoms with Gasteiger partial charge >= 0.3 is 6.18 Å². The van der Waals surface area contributed by atoms with Gasteiger partial charge in [0.05, 0.1) is 19.7 Å². The summed E-state index contributed by atoms with van der Waals surface area (Å²) >= 11 is 0. The minimum absolute atomic E-state index is 0.0295. The lowest BCUT2D eigenvalue weighted by Crippen LogP contribution is -2.35. The first kappa shape index (κ1) is 16.5. The molecule has 0 saturated carbocycles. The van der Waals surface area contributed by atoms with Crippen molar-refractivity contribution in [1.29, 1.82) is 0 Å². The van der Waals surface area contributed by atoms with Gasteiger partial charge in [0, 0.05) is 18.7 Å². The van der Waals surface area contributed by atoms with Gasteiger partial charge in [-0.25, -0.2) is 0 Å². The summed E-state index contributed by atoms with van der Waals surface area (Å²) in [6.45, 7) is -1.06. The highest BCUT2D eigenvalue weighted by atomic mass is 19.4. The molecule has 6 heteroatoms. The molecule has 0 unspecified atom stereocenters. The molecule has 110 valence electrons. The number of aliphatic hydroxyl groups excluding tert-OH is 1. The molecule has 20 heavy (non-hydrogen) atoms. The van der Waals surface area contributed by atoms with Crippen LogP contribution in [0.2, 0.25) is 0 Å². The summed E-state index contributed by atoms with van der Waals surface area (Å²) in [4.78, 5) is 1.15. The van der Waals surface area contributed by atoms with Gasteiger partial charge in [0.2, 0.25) is 0 Å². The minimum Gasteiger partial charge on any atom is -0.395 e. The third kappa shape index (κ3) is 6.57. The van der Waals surface area contributed by atoms with E-state index in [4.69, 9.17) is 10.8 Å². The van der Waals surface area contributed by atoms with Gasteiger partial charge in [-0.15, -0.1) is 0 Å². The van der Waals surface area contributed by atoms with Crippen LogP contribution >= 0.6 is 0 Å². The molecule has 0 atom stereocenters. The summed E-state index contributed by atoms with van der Waals surface area (Å²) in [7, 11) is 0. The maximum absolute atomic E-state index is 12.4. The van der Waals surface area contributed by atoms with Crippen molar-refractivity contribution in [3.63, 3.8) is 0 Å². The van der Waals surface area contributed by atoms with E-state index in [0.29, 0.717) is 11.1 Å². The van der Waals surface area contributed by atoms with Gasteiger partial charge in [0.1, 0.15) is 0 Å². The van der Waals surface area contributed by atoms with E-state index < -0.39 is 12.7 Å². The number of alkyl halides is 3. The Balaban J connectivity index is 2.77. The van der Waals surface area contributed by atoms with Crippen LogP contribution in [0.1, 0.15) is 11.1 Å². The maximum Gasteiger partial charge on any atom is 0.401 e. The van der Waals surface area contributed by atoms with E-state index in [2.05, 4.69) is 11.8 Å². The second-order valence-electron chi connectivity index (χ2n) is 4.26. The molecular weight excluding hydrogens is 269 g/mol. The van der Waals surface area contributed by atoms with Gasteiger partial charge in [0.15, 0.2) is 0 Å². The highest BCUT2D eigenvalue weighted by Gasteiger charge is 2.30. The summed E-state index contributed by atoms with van der Waals surface area (Å²) in [5.74, 6) is 5.53. The van der Waals surface area contributed by atoms with Crippen LogP contribution in [-0.4, -0.2) is 42.4 Å². The molecule has 0 spiro atoms. The lowest BCUT2D eigenvalue weighted by atomic mass is 10.1. The molecule has 1 rings (SSSR count). The normalized spacial score (nSPS) is 11.3. The molecule has 1 aromatic carbocycles. The molecule has 0 aliphatic carbocycles. The molecule has 3 N–H and O–H groups in total. The van der Waals surface area contributed by atoms with Crippen LogP contribution in [0.3, 0.4) is 0 Å². The Labute approximate surface area is 116 Å². The van der Waals surface area contributed by atoms with E-state index >= 15 is 0 Å². The number of aliphatic hydroxyl groups is 1. The lowest BCUT2D eigenvalue weighted by Gasteiger charge is -2.22. The molecule has 0 heterocycles. The number of benzene rings is 1. The van der Waals surface area contributed by atoms with Gasteiger partial charge in [-0.1, -0.05) is 24.0 Å². The third-order valence-electron chi connectivity index (χ3n) is 2.49. The van der Waals surface area contributed by atoms with Crippen LogP contribution in [0, 0.1) is 11.8 Å². The summed E-state index contributed by atoms with van der Waals surface area (Å²) < 4.78 is 37.3. The predicted molar refractivity (Wildman–Crippen MR) is 70.8 cm³/mol. The lowest BCUT2D eigenvalue weighted by molar-refractivity contribution is -0.147. The summed E-state index contributed by atoms with van der Waals surface area (Å²) in [6.07, 6.45) is -4.29. The van der Waals surface area contributed by atoms with E-state index in [-0.39, 0.29) is 26.2 Å². The first-order valence-corrected chi connectivity index (χ1v) is 6.12. The van der Waals surface area contributed by atoms with Gasteiger partial charge in [-0.2, -0.15) is 13.2 Å². The largest absolute Gasteiger partial charge is 0.401 e. The fourth-order valence-corrected chi connectivity index (χ4v) is 1.77. The average Bonchev–Trinajstić information content (AvgIpc) is 2.35. The van der Waals surface area contributed by atoms with Crippen molar-refractivity contribution in [2.45, 2.75) is 12.7 Å². The van der Waals surface area contributed by atoms with Crippen molar-refractivity contribution in [2.24, 2.45) is 5.73 Å². The predicted octanol–water partition coefficient (Wildman–Crippen LogP) is 1.35. The highest BCUT2D eigenvalue weighted by Crippen LogP contribution is 2.18. The first-order valence-electron chi connectivity index (χ1n) is 6.12. The highest BCUT2D eigenvalue weighted by molar-refractivity contribution is 5.37. The molecule has 1 aromatic rings. The van der Waals surface area contributed by atoms with Crippen LogP contribution in [0.25, 0.3) is 0 Å². The number of hydrogen-bond acceptors (Lipinski definition) is 3. The topological polar surface area (TPSA) is 49.5 Å². The van der Waals surface area contributed by atoms with Crippen molar-refractivity contribution in [3.05, 3.63) is 35.4 Å². The van der Waals surface area contributed by atoms with Crippen LogP contribution in [0.4, 0.5) is 13.2 Å². The fourth-order valence-electron chi connectivity index (χ4n) is 1.77. The SMILES string of the molecule is NCC#Cc1cccc(CN(CCO)CC(F)(F)F)c1. The second kappa shape index (κ2) is 7.90. The number of halogens is 3. The van der Waals surface area contributed by atoms with Crippen LogP contribution in [0.15, 0.2) is 24.3 Å². The first-order chi connectivity index (χ1) is 9.44. The Kier molecular flexibility index (Phi) is 6.52. The van der Waals surface area contributed by atoms with E-state index in [9.17, 15) is 13.2 Å². The third-order valence-corrected chi connectivity index (χ3v) is 2.49. The van der Waals surface area contributed by atoms with E-state index in [1.807, 2.05) is 0 Å². The second-order valence-corrected chi connectivity index (χ2v) is 4.26. The number of nitrogens with two attached hydrogens (primary N) is 1. The molecule has 0 aliphatic rings. The summed E-state index contributed by atoms with van der Waals surface area (Å²) in [5, 5.41) is 8.84. The zero-order valence-corrected chi connectivity index (χ0v) is 11.0. The van der Waals surface area contributed by atoms with Crippen LogP contribution < -0.4 is 5.73 Å². The van der Waals surface area contributed by atoms with Crippen LogP contribution in [0.5, 0.6) is 0 Å². The van der Waals surface area contributed by atoms with Crippen molar-refractivity contribution >= 4 is 0 Å². The van der Waals surface area contributed by atoms with Gasteiger partial charge < -0.3 is 10.8 Å². The van der Waals surface area contributed by atoms with Gasteiger partial charge in [0.25, 0.3) is 0 Å². The number of nitrogens with zero attached hydrogens (tertiary/aromatic N) is 1. The fraction of sp³-hybridized carbons (Fsp3) is 0.429. The molecule has 0 radical (unpaired) electrons. The molecule has 0 aliphatic heterocycles. The Morgan fingerprint density at radius 1 is 1.30 bits per heavy atom. The number of hydrogen-bond donors (Lipinski definition) is 2. The minimum atomic E-state index is -4.29. The van der Waals surface area contributed by atoms with Crippen molar-refractivity contribution in [1.82, 2.24) is 4.90 Å². The number of rotatable bonds is 5. The zero-order chi connectivity index (χ0) is 15.0.